The molecule has 0 amide bonds. The predicted molar refractivity (Wildman–Crippen MR) is 84.3 cm³/mol. The SMILES string of the molecule is CCC1(CC)CN(C(C)c2ccc(OC)cc2)CCN1. The number of nitrogens with zero attached hydrogens (tertiary/aromatic N) is 1. The van der Waals surface area contributed by atoms with Crippen molar-refractivity contribution >= 4 is 0 Å². The van der Waals surface area contributed by atoms with Gasteiger partial charge >= 0.3 is 0 Å². The minimum Gasteiger partial charge on any atom is -0.497 e. The third-order valence-corrected chi connectivity index (χ3v) is 4.90. The minimum absolute atomic E-state index is 0.291. The van der Waals surface area contributed by atoms with Crippen molar-refractivity contribution in [3.8, 4) is 5.75 Å². The van der Waals surface area contributed by atoms with E-state index in [0.717, 1.165) is 25.4 Å². The van der Waals surface area contributed by atoms with Gasteiger partial charge < -0.3 is 10.1 Å². The number of piperazine rings is 1. The standard InChI is InChI=1S/C17H28N2O/c1-5-17(6-2)13-19(12-11-18-17)14(3)15-7-9-16(20-4)10-8-15/h7-10,14,18H,5-6,11-13H2,1-4H3. The molecule has 112 valence electrons. The Morgan fingerprint density at radius 2 is 1.90 bits per heavy atom. The second kappa shape index (κ2) is 6.59. The first-order valence-corrected chi connectivity index (χ1v) is 7.77. The quantitative estimate of drug-likeness (QED) is 0.893. The lowest BCUT2D eigenvalue weighted by atomic mass is 9.89. The zero-order valence-corrected chi connectivity index (χ0v) is 13.3. The summed E-state index contributed by atoms with van der Waals surface area (Å²) in [5.74, 6) is 0.928. The fraction of sp³-hybridized carbons (Fsp3) is 0.647. The summed E-state index contributed by atoms with van der Waals surface area (Å²) in [4.78, 5) is 2.60. The van der Waals surface area contributed by atoms with Gasteiger partial charge in [-0.15, -0.1) is 0 Å². The molecule has 0 bridgehead atoms. The van der Waals surface area contributed by atoms with Gasteiger partial charge in [0.05, 0.1) is 7.11 Å². The first-order valence-electron chi connectivity index (χ1n) is 7.77. The van der Waals surface area contributed by atoms with Crippen molar-refractivity contribution in [2.24, 2.45) is 0 Å². The number of methoxy groups -OCH3 is 1. The summed E-state index contributed by atoms with van der Waals surface area (Å²) in [7, 11) is 1.71. The highest BCUT2D eigenvalue weighted by atomic mass is 16.5. The molecule has 3 nitrogen and oxygen atoms in total. The smallest absolute Gasteiger partial charge is 0.118 e. The van der Waals surface area contributed by atoms with Crippen LogP contribution in [0.4, 0.5) is 0 Å². The molecule has 1 aromatic rings. The number of ether oxygens (including phenoxy) is 1. The largest absolute Gasteiger partial charge is 0.497 e. The van der Waals surface area contributed by atoms with Crippen molar-refractivity contribution in [2.75, 3.05) is 26.7 Å². The lowest BCUT2D eigenvalue weighted by Gasteiger charge is -2.45. The van der Waals surface area contributed by atoms with Gasteiger partial charge in [0.25, 0.3) is 0 Å². The molecule has 1 atom stereocenters. The molecule has 3 heteroatoms. The number of benzene rings is 1. The molecule has 20 heavy (non-hydrogen) atoms. The molecule has 2 rings (SSSR count). The maximum atomic E-state index is 5.24. The van der Waals surface area contributed by atoms with Crippen LogP contribution in [-0.4, -0.2) is 37.2 Å². The van der Waals surface area contributed by atoms with Crippen molar-refractivity contribution in [1.29, 1.82) is 0 Å². The molecular formula is C17H28N2O. The number of hydrogen-bond donors (Lipinski definition) is 1. The Hall–Kier alpha value is -1.06. The second-order valence-corrected chi connectivity index (χ2v) is 5.83. The summed E-state index contributed by atoms with van der Waals surface area (Å²) >= 11 is 0. The molecular weight excluding hydrogens is 248 g/mol. The Bertz CT molecular complexity index is 412. The Morgan fingerprint density at radius 3 is 2.45 bits per heavy atom. The maximum absolute atomic E-state index is 5.24. The van der Waals surface area contributed by atoms with Crippen molar-refractivity contribution in [1.82, 2.24) is 10.2 Å². The van der Waals surface area contributed by atoms with Crippen molar-refractivity contribution in [2.45, 2.75) is 45.2 Å². The molecule has 0 aromatic heterocycles. The average Bonchev–Trinajstić information content (AvgIpc) is 2.54. The second-order valence-electron chi connectivity index (χ2n) is 5.83. The van der Waals surface area contributed by atoms with Gasteiger partial charge in [-0.1, -0.05) is 26.0 Å². The average molecular weight is 276 g/mol. The highest BCUT2D eigenvalue weighted by molar-refractivity contribution is 5.29. The molecule has 0 spiro atoms. The van der Waals surface area contributed by atoms with E-state index in [-0.39, 0.29) is 0 Å². The third-order valence-electron chi connectivity index (χ3n) is 4.90. The van der Waals surface area contributed by atoms with E-state index in [0.29, 0.717) is 11.6 Å². The van der Waals surface area contributed by atoms with Crippen LogP contribution in [0.5, 0.6) is 5.75 Å². The lowest BCUT2D eigenvalue weighted by Crippen LogP contribution is -2.60. The van der Waals surface area contributed by atoms with Crippen molar-refractivity contribution < 1.29 is 4.74 Å². The summed E-state index contributed by atoms with van der Waals surface area (Å²) in [6, 6.07) is 8.94. The van der Waals surface area contributed by atoms with E-state index in [1.54, 1.807) is 7.11 Å². The lowest BCUT2D eigenvalue weighted by molar-refractivity contribution is 0.0919. The van der Waals surface area contributed by atoms with E-state index in [9.17, 15) is 0 Å². The third kappa shape index (κ3) is 3.15. The van der Waals surface area contributed by atoms with Gasteiger partial charge in [0, 0.05) is 31.2 Å². The highest BCUT2D eigenvalue weighted by Gasteiger charge is 2.33. The first-order chi connectivity index (χ1) is 9.64. The molecule has 0 saturated carbocycles. The normalized spacial score (nSPS) is 20.6. The fourth-order valence-corrected chi connectivity index (χ4v) is 3.14. The van der Waals surface area contributed by atoms with E-state index < -0.39 is 0 Å². The van der Waals surface area contributed by atoms with Gasteiger partial charge in [-0.2, -0.15) is 0 Å². The number of hydrogen-bond acceptors (Lipinski definition) is 3. The highest BCUT2D eigenvalue weighted by Crippen LogP contribution is 2.28. The molecule has 1 aliphatic heterocycles. The van der Waals surface area contributed by atoms with Crippen LogP contribution in [0.2, 0.25) is 0 Å². The summed E-state index contributed by atoms with van der Waals surface area (Å²) in [6.07, 6.45) is 2.38. The Kier molecular flexibility index (Phi) is 5.06. The topological polar surface area (TPSA) is 24.5 Å². The van der Waals surface area contributed by atoms with Crippen LogP contribution < -0.4 is 10.1 Å². The zero-order valence-electron chi connectivity index (χ0n) is 13.3. The van der Waals surface area contributed by atoms with Crippen LogP contribution in [0.15, 0.2) is 24.3 Å². The Labute approximate surface area is 123 Å². The minimum atomic E-state index is 0.291. The van der Waals surface area contributed by atoms with Crippen molar-refractivity contribution in [3.63, 3.8) is 0 Å². The van der Waals surface area contributed by atoms with Gasteiger partial charge in [0.1, 0.15) is 5.75 Å². The van der Waals surface area contributed by atoms with Gasteiger partial charge in [-0.25, -0.2) is 0 Å². The molecule has 0 radical (unpaired) electrons. The Balaban J connectivity index is 2.09. The van der Waals surface area contributed by atoms with Crippen LogP contribution in [-0.2, 0) is 0 Å². The molecule has 1 aliphatic rings. The van der Waals surface area contributed by atoms with Gasteiger partial charge in [-0.3, -0.25) is 4.90 Å². The fourth-order valence-electron chi connectivity index (χ4n) is 3.14. The predicted octanol–water partition coefficient (Wildman–Crippen LogP) is 3.22. The van der Waals surface area contributed by atoms with E-state index in [1.807, 2.05) is 0 Å². The number of nitrogens with one attached hydrogen (secondary N) is 1. The molecule has 1 aromatic carbocycles. The van der Waals surface area contributed by atoms with E-state index in [2.05, 4.69) is 55.3 Å². The molecule has 1 saturated heterocycles. The summed E-state index contributed by atoms with van der Waals surface area (Å²) in [6.45, 7) is 10.2. The van der Waals surface area contributed by atoms with E-state index in [4.69, 9.17) is 4.74 Å². The molecule has 1 heterocycles. The van der Waals surface area contributed by atoms with Crippen LogP contribution >= 0.6 is 0 Å². The van der Waals surface area contributed by atoms with Crippen LogP contribution in [0.25, 0.3) is 0 Å². The van der Waals surface area contributed by atoms with Gasteiger partial charge in [0.2, 0.25) is 0 Å². The van der Waals surface area contributed by atoms with Crippen LogP contribution in [0.3, 0.4) is 0 Å². The maximum Gasteiger partial charge on any atom is 0.118 e. The van der Waals surface area contributed by atoms with E-state index in [1.165, 1.54) is 18.4 Å². The summed E-state index contributed by atoms with van der Waals surface area (Å²) in [5, 5.41) is 3.72. The molecule has 1 fully saturated rings. The monoisotopic (exact) mass is 276 g/mol. The Morgan fingerprint density at radius 1 is 1.25 bits per heavy atom. The van der Waals surface area contributed by atoms with Gasteiger partial charge in [0.15, 0.2) is 0 Å². The van der Waals surface area contributed by atoms with Crippen LogP contribution in [0.1, 0.15) is 45.2 Å². The molecule has 1 N–H and O–H groups in total. The van der Waals surface area contributed by atoms with E-state index >= 15 is 0 Å². The van der Waals surface area contributed by atoms with Crippen LogP contribution in [0, 0.1) is 0 Å². The zero-order chi connectivity index (χ0) is 14.6. The summed E-state index contributed by atoms with van der Waals surface area (Å²) < 4.78 is 5.24. The molecule has 1 unspecified atom stereocenters. The summed E-state index contributed by atoms with van der Waals surface area (Å²) in [5.41, 5.74) is 1.66. The van der Waals surface area contributed by atoms with Gasteiger partial charge in [-0.05, 0) is 37.5 Å². The molecule has 0 aliphatic carbocycles. The van der Waals surface area contributed by atoms with Crippen molar-refractivity contribution in [3.05, 3.63) is 29.8 Å². The first kappa shape index (κ1) is 15.3. The number of rotatable bonds is 5.